The number of carboxylic acids is 2. The summed E-state index contributed by atoms with van der Waals surface area (Å²) >= 11 is 0. The molecule has 1 unspecified atom stereocenters. The molecule has 0 aromatic rings. The fraction of sp³-hybridized carbons (Fsp3) is 0.600. The topological polar surface area (TPSA) is 94.8 Å². The first kappa shape index (κ1) is 22.9. The summed E-state index contributed by atoms with van der Waals surface area (Å²) in [5, 5.41) is 23.2. The van der Waals surface area contributed by atoms with Crippen LogP contribution in [0.3, 0.4) is 0 Å². The van der Waals surface area contributed by atoms with Crippen molar-refractivity contribution < 1.29 is 54.0 Å². The normalized spacial score (nSPS) is 8.92. The molecule has 68 valence electrons. The standard InChI is InChI=1S/C3H6O3.C2H4O2.Mg.Zr.2H/c1-2(4)3(5)6;1-2(3)4;;;;/h2,4H,1H3,(H,5,6);1H3,(H,3,4);;;;/q;;+2;;2*-1. The molecule has 5 nitrogen and oxygen atoms in total. The van der Waals surface area contributed by atoms with Gasteiger partial charge in [0, 0.05) is 33.1 Å². The molecule has 1 atom stereocenters. The molecule has 3 N–H and O–H groups in total. The first-order valence-electron chi connectivity index (χ1n) is 2.48. The van der Waals surface area contributed by atoms with Gasteiger partial charge in [-0.2, -0.15) is 0 Å². The number of aliphatic carboxylic acids is 2. The van der Waals surface area contributed by atoms with E-state index < -0.39 is 18.0 Å². The smallest absolute Gasteiger partial charge is 1.00 e. The van der Waals surface area contributed by atoms with Crippen LogP contribution >= 0.6 is 0 Å². The van der Waals surface area contributed by atoms with Gasteiger partial charge < -0.3 is 18.2 Å². The number of carboxylic acid groups (broad SMARTS) is 2. The van der Waals surface area contributed by atoms with Crippen molar-refractivity contribution in [2.45, 2.75) is 20.0 Å². The summed E-state index contributed by atoms with van der Waals surface area (Å²) in [7, 11) is 0. The zero-order chi connectivity index (χ0) is 8.73. The van der Waals surface area contributed by atoms with Crippen LogP contribution in [0.5, 0.6) is 0 Å². The molecule has 0 heterocycles. The van der Waals surface area contributed by atoms with Gasteiger partial charge >= 0.3 is 29.0 Å². The van der Waals surface area contributed by atoms with Crippen LogP contribution in [0.1, 0.15) is 16.7 Å². The Morgan fingerprint density at radius 2 is 1.42 bits per heavy atom. The fourth-order valence-electron chi connectivity index (χ4n) is 0. The second-order valence-electron chi connectivity index (χ2n) is 1.53. The Morgan fingerprint density at radius 3 is 1.42 bits per heavy atom. The third-order valence-electron chi connectivity index (χ3n) is 0.357. The van der Waals surface area contributed by atoms with E-state index >= 15 is 0 Å². The van der Waals surface area contributed by atoms with E-state index in [0.29, 0.717) is 0 Å². The molecule has 0 spiro atoms. The molecule has 0 aliphatic rings. The molecular weight excluding hydrogens is 256 g/mol. The summed E-state index contributed by atoms with van der Waals surface area (Å²) in [5.41, 5.74) is 0. The Balaban J connectivity index is -0.0000000185. The maximum Gasteiger partial charge on any atom is 2.00 e. The van der Waals surface area contributed by atoms with Crippen molar-refractivity contribution in [1.29, 1.82) is 0 Å². The Morgan fingerprint density at radius 1 is 1.33 bits per heavy atom. The SMILES string of the molecule is CC(=O)O.CC(O)C(=O)O.[H-].[H-].[Mg+2].[Zr]. The Bertz CT molecular complexity index is 131. The van der Waals surface area contributed by atoms with Gasteiger partial charge in [-0.05, 0) is 6.92 Å². The van der Waals surface area contributed by atoms with Crippen LogP contribution in [-0.2, 0) is 35.8 Å². The molecule has 0 saturated heterocycles. The van der Waals surface area contributed by atoms with Crippen molar-refractivity contribution >= 4 is 35.0 Å². The number of rotatable bonds is 1. The van der Waals surface area contributed by atoms with E-state index in [-0.39, 0.29) is 52.1 Å². The summed E-state index contributed by atoms with van der Waals surface area (Å²) < 4.78 is 0. The quantitative estimate of drug-likeness (QED) is 0.551. The fourth-order valence-corrected chi connectivity index (χ4v) is 0. The second kappa shape index (κ2) is 14.1. The van der Waals surface area contributed by atoms with E-state index in [2.05, 4.69) is 0 Å². The van der Waals surface area contributed by atoms with E-state index in [0.717, 1.165) is 6.92 Å². The summed E-state index contributed by atoms with van der Waals surface area (Å²) in [4.78, 5) is 18.4. The van der Waals surface area contributed by atoms with Crippen molar-refractivity contribution in [2.75, 3.05) is 0 Å². The Kier molecular flexibility index (Phi) is 26.9. The minimum absolute atomic E-state index is 0. The van der Waals surface area contributed by atoms with Gasteiger partial charge in [0.25, 0.3) is 5.97 Å². The van der Waals surface area contributed by atoms with Gasteiger partial charge in [-0.25, -0.2) is 4.79 Å². The molecule has 0 aliphatic heterocycles. The zero-order valence-corrected chi connectivity index (χ0v) is 10.8. The van der Waals surface area contributed by atoms with Crippen LogP contribution in [0, 0.1) is 0 Å². The summed E-state index contributed by atoms with van der Waals surface area (Å²) in [5.74, 6) is -2.02. The monoisotopic (exact) mass is 266 g/mol. The molecule has 7 heteroatoms. The van der Waals surface area contributed by atoms with Gasteiger partial charge in [0.2, 0.25) is 0 Å². The van der Waals surface area contributed by atoms with Crippen LogP contribution in [0.15, 0.2) is 0 Å². The largest absolute Gasteiger partial charge is 2.00 e. The minimum atomic E-state index is -1.23. The van der Waals surface area contributed by atoms with E-state index in [4.69, 9.17) is 20.1 Å². The molecule has 0 bridgehead atoms. The Hall–Kier alpha value is 0.549. The van der Waals surface area contributed by atoms with Gasteiger partial charge in [0.15, 0.2) is 0 Å². The van der Waals surface area contributed by atoms with Crippen molar-refractivity contribution in [3.63, 3.8) is 0 Å². The number of hydrogen-bond acceptors (Lipinski definition) is 3. The minimum Gasteiger partial charge on any atom is -1.00 e. The molecular formula is C5H12MgO5Zr. The van der Waals surface area contributed by atoms with Gasteiger partial charge in [0.05, 0.1) is 0 Å². The number of hydrogen-bond donors (Lipinski definition) is 3. The molecule has 0 saturated carbocycles. The number of aliphatic hydroxyl groups is 1. The molecule has 0 fully saturated rings. The van der Waals surface area contributed by atoms with E-state index in [1.54, 1.807) is 0 Å². The predicted molar refractivity (Wildman–Crippen MR) is 40.6 cm³/mol. The maximum atomic E-state index is 9.45. The van der Waals surface area contributed by atoms with Crippen molar-refractivity contribution in [3.8, 4) is 0 Å². The van der Waals surface area contributed by atoms with Gasteiger partial charge in [-0.3, -0.25) is 4.79 Å². The van der Waals surface area contributed by atoms with Crippen molar-refractivity contribution in [1.82, 2.24) is 0 Å². The van der Waals surface area contributed by atoms with Gasteiger partial charge in [0.1, 0.15) is 6.10 Å². The zero-order valence-electron chi connectivity index (χ0n) is 8.94. The first-order chi connectivity index (χ1) is 4.37. The number of carbonyl (C=O) groups is 2. The summed E-state index contributed by atoms with van der Waals surface area (Å²) in [6.45, 7) is 2.28. The van der Waals surface area contributed by atoms with Crippen molar-refractivity contribution in [2.24, 2.45) is 0 Å². The Labute approximate surface area is 108 Å². The maximum absolute atomic E-state index is 9.45. The third-order valence-corrected chi connectivity index (χ3v) is 0.357. The molecule has 0 aromatic carbocycles. The molecule has 0 aliphatic carbocycles. The molecule has 0 radical (unpaired) electrons. The number of aliphatic hydroxyl groups excluding tert-OH is 1. The van der Waals surface area contributed by atoms with Crippen molar-refractivity contribution in [3.05, 3.63) is 0 Å². The third kappa shape index (κ3) is 46.5. The molecule has 0 rings (SSSR count). The average molecular weight is 268 g/mol. The molecule has 0 amide bonds. The van der Waals surface area contributed by atoms with Crippen LogP contribution in [-0.4, -0.2) is 56.4 Å². The second-order valence-corrected chi connectivity index (χ2v) is 1.53. The average Bonchev–Trinajstić information content (AvgIpc) is 1.63. The van der Waals surface area contributed by atoms with Crippen LogP contribution in [0.4, 0.5) is 0 Å². The van der Waals surface area contributed by atoms with Crippen LogP contribution in [0.25, 0.3) is 0 Å². The van der Waals surface area contributed by atoms with Gasteiger partial charge in [-0.1, -0.05) is 0 Å². The molecule has 0 aromatic heterocycles. The van der Waals surface area contributed by atoms with Crippen LogP contribution in [0.2, 0.25) is 0 Å². The molecule has 12 heavy (non-hydrogen) atoms. The first-order valence-corrected chi connectivity index (χ1v) is 2.48. The predicted octanol–water partition coefficient (Wildman–Crippen LogP) is -0.616. The van der Waals surface area contributed by atoms with Gasteiger partial charge in [-0.15, -0.1) is 0 Å². The summed E-state index contributed by atoms with van der Waals surface area (Å²) in [6, 6.07) is 0. The van der Waals surface area contributed by atoms with Crippen LogP contribution < -0.4 is 0 Å². The van der Waals surface area contributed by atoms with E-state index in [9.17, 15) is 4.79 Å². The summed E-state index contributed by atoms with van der Waals surface area (Å²) in [6.07, 6.45) is -1.23. The van der Waals surface area contributed by atoms with E-state index in [1.807, 2.05) is 0 Å². The van der Waals surface area contributed by atoms with E-state index in [1.165, 1.54) is 6.92 Å².